The van der Waals surface area contributed by atoms with Gasteiger partial charge in [-0.3, -0.25) is 20.2 Å². The lowest BCUT2D eigenvalue weighted by Crippen LogP contribution is -2.02. The fourth-order valence-electron chi connectivity index (χ4n) is 1.68. The predicted octanol–water partition coefficient (Wildman–Crippen LogP) is 3.84. The normalized spacial score (nSPS) is 10.1. The van der Waals surface area contributed by atoms with Gasteiger partial charge in [-0.1, -0.05) is 12.1 Å². The number of nitrogens with zero attached hydrogens (tertiary/aromatic N) is 2. The summed E-state index contributed by atoms with van der Waals surface area (Å²) >= 11 is 3.30. The summed E-state index contributed by atoms with van der Waals surface area (Å²) in [6.07, 6.45) is 0. The van der Waals surface area contributed by atoms with Gasteiger partial charge in [0.2, 0.25) is 0 Å². The molecule has 108 valence electrons. The van der Waals surface area contributed by atoms with Gasteiger partial charge in [-0.15, -0.1) is 0 Å². The van der Waals surface area contributed by atoms with Crippen molar-refractivity contribution >= 4 is 27.3 Å². The molecule has 0 aliphatic carbocycles. The fourth-order valence-corrected chi connectivity index (χ4v) is 2.07. The number of hydrogen-bond donors (Lipinski definition) is 0. The predicted molar refractivity (Wildman–Crippen MR) is 78.2 cm³/mol. The summed E-state index contributed by atoms with van der Waals surface area (Å²) in [4.78, 5) is 20.3. The van der Waals surface area contributed by atoms with Crippen LogP contribution in [0.15, 0.2) is 46.9 Å². The van der Waals surface area contributed by atoms with E-state index in [-0.39, 0.29) is 23.5 Å². The van der Waals surface area contributed by atoms with Crippen LogP contribution in [0.3, 0.4) is 0 Å². The zero-order valence-electron chi connectivity index (χ0n) is 10.6. The maximum absolute atomic E-state index is 11.0. The van der Waals surface area contributed by atoms with Crippen molar-refractivity contribution in [2.75, 3.05) is 0 Å². The average Bonchev–Trinajstić information content (AvgIpc) is 2.46. The molecule has 21 heavy (non-hydrogen) atoms. The van der Waals surface area contributed by atoms with E-state index in [4.69, 9.17) is 4.74 Å². The summed E-state index contributed by atoms with van der Waals surface area (Å²) in [5, 5.41) is 21.6. The molecule has 0 heterocycles. The van der Waals surface area contributed by atoms with Crippen LogP contribution < -0.4 is 4.74 Å². The Morgan fingerprint density at radius 2 is 1.76 bits per heavy atom. The first-order chi connectivity index (χ1) is 9.99. The van der Waals surface area contributed by atoms with Crippen LogP contribution >= 0.6 is 15.9 Å². The third-order valence-electron chi connectivity index (χ3n) is 2.70. The molecule has 0 aromatic heterocycles. The third-order valence-corrected chi connectivity index (χ3v) is 3.35. The van der Waals surface area contributed by atoms with Crippen molar-refractivity contribution in [2.24, 2.45) is 0 Å². The highest BCUT2D eigenvalue weighted by atomic mass is 79.9. The molecule has 2 aromatic carbocycles. The molecule has 0 bridgehead atoms. The number of halogens is 1. The van der Waals surface area contributed by atoms with E-state index in [1.807, 2.05) is 6.07 Å². The Balaban J connectivity index is 2.26. The molecule has 0 unspecified atom stereocenters. The minimum absolute atomic E-state index is 0.0586. The Morgan fingerprint density at radius 1 is 1.05 bits per heavy atom. The molecule has 8 heteroatoms. The van der Waals surface area contributed by atoms with E-state index in [1.54, 1.807) is 18.2 Å². The van der Waals surface area contributed by atoms with Gasteiger partial charge in [-0.25, -0.2) is 0 Å². The van der Waals surface area contributed by atoms with Crippen molar-refractivity contribution in [1.29, 1.82) is 0 Å². The van der Waals surface area contributed by atoms with Gasteiger partial charge < -0.3 is 4.74 Å². The Hall–Kier alpha value is -2.48. The Morgan fingerprint density at radius 3 is 2.38 bits per heavy atom. The van der Waals surface area contributed by atoms with Gasteiger partial charge in [0, 0.05) is 6.07 Å². The summed E-state index contributed by atoms with van der Waals surface area (Å²) in [7, 11) is 0. The molecule has 7 nitrogen and oxygen atoms in total. The molecule has 0 amide bonds. The smallest absolute Gasteiger partial charge is 0.282 e. The van der Waals surface area contributed by atoms with Crippen LogP contribution in [0.1, 0.15) is 5.56 Å². The number of ether oxygens (including phenoxy) is 1. The molecule has 0 aliphatic heterocycles. The number of nitro benzene ring substituents is 2. The summed E-state index contributed by atoms with van der Waals surface area (Å²) in [5.74, 6) is 0.533. The molecule has 0 saturated carbocycles. The van der Waals surface area contributed by atoms with Crippen molar-refractivity contribution in [3.63, 3.8) is 0 Å². The van der Waals surface area contributed by atoms with Crippen LogP contribution in [0.4, 0.5) is 11.4 Å². The first kappa shape index (κ1) is 14.9. The van der Waals surface area contributed by atoms with Crippen LogP contribution in [0.25, 0.3) is 0 Å². The molecular formula is C13H9BrN2O5. The number of benzene rings is 2. The topological polar surface area (TPSA) is 95.5 Å². The highest BCUT2D eigenvalue weighted by Gasteiger charge is 2.19. The van der Waals surface area contributed by atoms with Crippen LogP contribution in [0.5, 0.6) is 5.75 Å². The van der Waals surface area contributed by atoms with Gasteiger partial charge in [0.05, 0.1) is 25.9 Å². The number of nitro groups is 2. The van der Waals surface area contributed by atoms with Crippen LogP contribution in [0, 0.1) is 20.2 Å². The summed E-state index contributed by atoms with van der Waals surface area (Å²) in [6.45, 7) is -0.0586. The maximum Gasteiger partial charge on any atom is 0.282 e. The highest BCUT2D eigenvalue weighted by molar-refractivity contribution is 9.10. The summed E-state index contributed by atoms with van der Waals surface area (Å²) < 4.78 is 6.21. The standard InChI is InChI=1S/C13H9BrN2O5/c14-11-3-1-2-4-13(11)21-8-9-5-6-10(15(17)18)7-12(9)16(19)20/h1-7H,8H2. The van der Waals surface area contributed by atoms with Crippen LogP contribution in [-0.2, 0) is 6.61 Å². The van der Waals surface area contributed by atoms with Crippen molar-refractivity contribution in [2.45, 2.75) is 6.61 Å². The Kier molecular flexibility index (Phi) is 4.49. The Labute approximate surface area is 127 Å². The van der Waals surface area contributed by atoms with Crippen LogP contribution in [0.2, 0.25) is 0 Å². The molecular weight excluding hydrogens is 344 g/mol. The van der Waals surface area contributed by atoms with E-state index >= 15 is 0 Å². The first-order valence-electron chi connectivity index (χ1n) is 5.78. The molecule has 2 aromatic rings. The second kappa shape index (κ2) is 6.31. The molecule has 2 rings (SSSR count). The van der Waals surface area contributed by atoms with E-state index in [0.717, 1.165) is 10.5 Å². The summed E-state index contributed by atoms with van der Waals surface area (Å²) in [6, 6.07) is 10.5. The van der Waals surface area contributed by atoms with E-state index in [1.165, 1.54) is 12.1 Å². The zero-order valence-corrected chi connectivity index (χ0v) is 12.1. The highest BCUT2D eigenvalue weighted by Crippen LogP contribution is 2.28. The minimum Gasteiger partial charge on any atom is -0.487 e. The SMILES string of the molecule is O=[N+]([O-])c1ccc(COc2ccccc2Br)c([N+](=O)[O-])c1. The van der Waals surface area contributed by atoms with Crippen LogP contribution in [-0.4, -0.2) is 9.85 Å². The number of rotatable bonds is 5. The number of para-hydroxylation sites is 1. The molecule has 0 atom stereocenters. The molecule has 0 fully saturated rings. The lowest BCUT2D eigenvalue weighted by molar-refractivity contribution is -0.394. The van der Waals surface area contributed by atoms with E-state index in [2.05, 4.69) is 15.9 Å². The average molecular weight is 353 g/mol. The minimum atomic E-state index is -0.675. The lowest BCUT2D eigenvalue weighted by Gasteiger charge is -2.08. The van der Waals surface area contributed by atoms with Crippen molar-refractivity contribution in [1.82, 2.24) is 0 Å². The van der Waals surface area contributed by atoms with Gasteiger partial charge in [0.1, 0.15) is 12.4 Å². The molecule has 0 saturated heterocycles. The van der Waals surface area contributed by atoms with Crippen molar-refractivity contribution < 1.29 is 14.6 Å². The molecule has 0 radical (unpaired) electrons. The maximum atomic E-state index is 11.0. The number of hydrogen-bond acceptors (Lipinski definition) is 5. The molecule has 0 spiro atoms. The molecule has 0 aliphatic rings. The Bertz CT molecular complexity index is 705. The second-order valence-corrected chi connectivity index (χ2v) is 4.90. The second-order valence-electron chi connectivity index (χ2n) is 4.05. The van der Waals surface area contributed by atoms with E-state index < -0.39 is 9.85 Å². The lowest BCUT2D eigenvalue weighted by atomic mass is 10.1. The van der Waals surface area contributed by atoms with Gasteiger partial charge in [0.25, 0.3) is 11.4 Å². The van der Waals surface area contributed by atoms with Gasteiger partial charge >= 0.3 is 0 Å². The number of non-ortho nitro benzene ring substituents is 1. The van der Waals surface area contributed by atoms with Gasteiger partial charge in [-0.2, -0.15) is 0 Å². The van der Waals surface area contributed by atoms with Crippen molar-refractivity contribution in [3.05, 3.63) is 72.7 Å². The summed E-state index contributed by atoms with van der Waals surface area (Å²) in [5.41, 5.74) is -0.399. The first-order valence-corrected chi connectivity index (χ1v) is 6.57. The quantitative estimate of drug-likeness (QED) is 0.601. The largest absolute Gasteiger partial charge is 0.487 e. The monoisotopic (exact) mass is 352 g/mol. The molecule has 0 N–H and O–H groups in total. The van der Waals surface area contributed by atoms with E-state index in [0.29, 0.717) is 5.75 Å². The van der Waals surface area contributed by atoms with E-state index in [9.17, 15) is 20.2 Å². The fraction of sp³-hybridized carbons (Fsp3) is 0.0769. The van der Waals surface area contributed by atoms with Gasteiger partial charge in [-0.05, 0) is 34.1 Å². The zero-order chi connectivity index (χ0) is 15.4. The third kappa shape index (κ3) is 3.54. The van der Waals surface area contributed by atoms with Crippen molar-refractivity contribution in [3.8, 4) is 5.75 Å². The van der Waals surface area contributed by atoms with Gasteiger partial charge in [0.15, 0.2) is 0 Å².